The van der Waals surface area contributed by atoms with E-state index in [9.17, 15) is 20.2 Å². The highest BCUT2D eigenvalue weighted by Gasteiger charge is 2.31. The Hall–Kier alpha value is -3.16. The highest BCUT2D eigenvalue weighted by atomic mass is 16.6. The van der Waals surface area contributed by atoms with Gasteiger partial charge in [0.15, 0.2) is 17.2 Å². The van der Waals surface area contributed by atoms with Crippen molar-refractivity contribution in [1.29, 1.82) is 0 Å². The van der Waals surface area contributed by atoms with E-state index < -0.39 is 21.2 Å². The van der Waals surface area contributed by atoms with Gasteiger partial charge in [-0.3, -0.25) is 20.2 Å². The van der Waals surface area contributed by atoms with Crippen LogP contribution in [0, 0.1) is 20.2 Å². The second-order valence-electron chi connectivity index (χ2n) is 3.96. The van der Waals surface area contributed by atoms with Crippen molar-refractivity contribution in [3.63, 3.8) is 0 Å². The minimum Gasteiger partial charge on any atom is -0.449 e. The summed E-state index contributed by atoms with van der Waals surface area (Å²) >= 11 is 0. The summed E-state index contributed by atoms with van der Waals surface area (Å²) in [6.07, 6.45) is 0. The van der Waals surface area contributed by atoms with Crippen LogP contribution in [0.2, 0.25) is 0 Å². The van der Waals surface area contributed by atoms with Gasteiger partial charge in [0, 0.05) is 0 Å². The molecule has 2 aromatic carbocycles. The number of hydrogen-bond acceptors (Lipinski definition) is 6. The van der Waals surface area contributed by atoms with E-state index >= 15 is 0 Å². The number of nitro benzene ring substituents is 2. The Balaban J connectivity index is 2.19. The Morgan fingerprint density at radius 2 is 1.50 bits per heavy atom. The van der Waals surface area contributed by atoms with Crippen LogP contribution in [0.15, 0.2) is 36.4 Å². The molecule has 8 nitrogen and oxygen atoms in total. The third-order valence-corrected chi connectivity index (χ3v) is 2.71. The number of ether oxygens (including phenoxy) is 2. The second kappa shape index (κ2) is 4.19. The van der Waals surface area contributed by atoms with Gasteiger partial charge < -0.3 is 9.47 Å². The van der Waals surface area contributed by atoms with Crippen molar-refractivity contribution in [2.24, 2.45) is 0 Å². The molecule has 0 unspecified atom stereocenters. The summed E-state index contributed by atoms with van der Waals surface area (Å²) in [7, 11) is 0. The van der Waals surface area contributed by atoms with Crippen molar-refractivity contribution in [3.8, 4) is 23.0 Å². The summed E-state index contributed by atoms with van der Waals surface area (Å²) in [5, 5.41) is 21.8. The first-order valence-electron chi connectivity index (χ1n) is 5.48. The minimum atomic E-state index is -0.747. The molecule has 0 amide bonds. The lowest BCUT2D eigenvalue weighted by Crippen LogP contribution is -2.03. The van der Waals surface area contributed by atoms with Crippen molar-refractivity contribution in [2.75, 3.05) is 0 Å². The molecule has 1 aliphatic heterocycles. The molecule has 0 fully saturated rings. The number of hydrogen-bond donors (Lipinski definition) is 0. The molecular formula is C12H6N2O6. The monoisotopic (exact) mass is 274 g/mol. The zero-order valence-corrected chi connectivity index (χ0v) is 9.81. The van der Waals surface area contributed by atoms with E-state index in [-0.39, 0.29) is 11.5 Å². The lowest BCUT2D eigenvalue weighted by atomic mass is 10.2. The van der Waals surface area contributed by atoms with Gasteiger partial charge in [-0.25, -0.2) is 0 Å². The Labute approximate surface area is 111 Å². The molecule has 20 heavy (non-hydrogen) atoms. The average Bonchev–Trinajstić information content (AvgIpc) is 2.43. The van der Waals surface area contributed by atoms with E-state index in [1.807, 2.05) is 0 Å². The van der Waals surface area contributed by atoms with Crippen LogP contribution >= 0.6 is 0 Å². The number of nitro groups is 2. The molecule has 0 radical (unpaired) electrons. The molecule has 0 aromatic heterocycles. The quantitative estimate of drug-likeness (QED) is 0.523. The standard InChI is InChI=1S/C12H6N2O6/c15-13(16)7-5-8(14(17)18)12-11(6-7)19-9-3-1-2-4-10(9)20-12/h1-6H. The SMILES string of the molecule is O=[N+]([O-])c1cc2c(c([N+](=O)[O-])c1)Oc1ccccc1O2. The molecular weight excluding hydrogens is 268 g/mol. The van der Waals surface area contributed by atoms with Crippen LogP contribution in [-0.2, 0) is 0 Å². The zero-order chi connectivity index (χ0) is 14.3. The molecule has 0 saturated carbocycles. The van der Waals surface area contributed by atoms with Crippen molar-refractivity contribution in [3.05, 3.63) is 56.6 Å². The van der Waals surface area contributed by atoms with Crippen molar-refractivity contribution >= 4 is 11.4 Å². The van der Waals surface area contributed by atoms with Crippen LogP contribution in [0.4, 0.5) is 11.4 Å². The molecule has 2 aromatic rings. The van der Waals surface area contributed by atoms with Gasteiger partial charge in [-0.2, -0.15) is 0 Å². The third-order valence-electron chi connectivity index (χ3n) is 2.71. The maximum atomic E-state index is 11.0. The van der Waals surface area contributed by atoms with Crippen LogP contribution < -0.4 is 9.47 Å². The van der Waals surface area contributed by atoms with E-state index in [0.717, 1.165) is 12.1 Å². The smallest absolute Gasteiger partial charge is 0.322 e. The number of nitrogens with zero attached hydrogens (tertiary/aromatic N) is 2. The fraction of sp³-hybridized carbons (Fsp3) is 0. The lowest BCUT2D eigenvalue weighted by Gasteiger charge is -2.19. The van der Waals surface area contributed by atoms with Gasteiger partial charge in [-0.05, 0) is 12.1 Å². The summed E-state index contributed by atoms with van der Waals surface area (Å²) in [4.78, 5) is 20.3. The van der Waals surface area contributed by atoms with Gasteiger partial charge in [-0.1, -0.05) is 12.1 Å². The van der Waals surface area contributed by atoms with E-state index in [1.165, 1.54) is 0 Å². The molecule has 0 aliphatic carbocycles. The second-order valence-corrected chi connectivity index (χ2v) is 3.96. The van der Waals surface area contributed by atoms with E-state index in [4.69, 9.17) is 9.47 Å². The summed E-state index contributed by atoms with van der Waals surface area (Å²) in [6.45, 7) is 0. The molecule has 100 valence electrons. The lowest BCUT2D eigenvalue weighted by molar-refractivity contribution is -0.394. The molecule has 8 heteroatoms. The first-order valence-corrected chi connectivity index (χ1v) is 5.48. The van der Waals surface area contributed by atoms with Crippen molar-refractivity contribution < 1.29 is 19.3 Å². The molecule has 0 atom stereocenters. The summed E-state index contributed by atoms with van der Waals surface area (Å²) in [5.41, 5.74) is -0.942. The maximum absolute atomic E-state index is 11.0. The normalized spacial score (nSPS) is 11.6. The topological polar surface area (TPSA) is 105 Å². The Morgan fingerprint density at radius 3 is 2.10 bits per heavy atom. The van der Waals surface area contributed by atoms with Gasteiger partial charge in [0.05, 0.1) is 22.0 Å². The van der Waals surface area contributed by atoms with Gasteiger partial charge in [0.25, 0.3) is 5.69 Å². The largest absolute Gasteiger partial charge is 0.449 e. The summed E-state index contributed by atoms with van der Waals surface area (Å²) < 4.78 is 10.8. The number of para-hydroxylation sites is 2. The van der Waals surface area contributed by atoms with Crippen LogP contribution in [0.3, 0.4) is 0 Å². The van der Waals surface area contributed by atoms with Crippen molar-refractivity contribution in [2.45, 2.75) is 0 Å². The van der Waals surface area contributed by atoms with Crippen LogP contribution in [0.25, 0.3) is 0 Å². The highest BCUT2D eigenvalue weighted by molar-refractivity contribution is 5.66. The van der Waals surface area contributed by atoms with E-state index in [0.29, 0.717) is 11.5 Å². The molecule has 0 saturated heterocycles. The average molecular weight is 274 g/mol. The number of rotatable bonds is 2. The Morgan fingerprint density at radius 1 is 0.850 bits per heavy atom. The molecule has 1 aliphatic rings. The predicted octanol–water partition coefficient (Wildman–Crippen LogP) is 3.40. The fourth-order valence-electron chi connectivity index (χ4n) is 1.84. The van der Waals surface area contributed by atoms with Gasteiger partial charge in [-0.15, -0.1) is 0 Å². The minimum absolute atomic E-state index is 0.0513. The van der Waals surface area contributed by atoms with E-state index in [2.05, 4.69) is 0 Å². The number of benzene rings is 2. The summed E-state index contributed by atoms with van der Waals surface area (Å²) in [6, 6.07) is 8.50. The van der Waals surface area contributed by atoms with Crippen LogP contribution in [0.1, 0.15) is 0 Å². The van der Waals surface area contributed by atoms with Crippen molar-refractivity contribution in [1.82, 2.24) is 0 Å². The Kier molecular flexibility index (Phi) is 2.50. The predicted molar refractivity (Wildman–Crippen MR) is 66.3 cm³/mol. The van der Waals surface area contributed by atoms with Crippen LogP contribution in [-0.4, -0.2) is 9.85 Å². The first-order chi connectivity index (χ1) is 9.56. The molecule has 0 N–H and O–H groups in total. The van der Waals surface area contributed by atoms with E-state index in [1.54, 1.807) is 24.3 Å². The molecule has 3 rings (SSSR count). The zero-order valence-electron chi connectivity index (χ0n) is 9.81. The fourth-order valence-corrected chi connectivity index (χ4v) is 1.84. The molecule has 1 heterocycles. The van der Waals surface area contributed by atoms with Crippen LogP contribution in [0.5, 0.6) is 23.0 Å². The summed E-state index contributed by atoms with van der Waals surface area (Å²) in [5.74, 6) is 0.468. The number of non-ortho nitro benzene ring substituents is 1. The molecule has 0 spiro atoms. The maximum Gasteiger partial charge on any atom is 0.322 e. The molecule has 0 bridgehead atoms. The van der Waals surface area contributed by atoms with Gasteiger partial charge >= 0.3 is 5.69 Å². The first kappa shape index (κ1) is 11.9. The third kappa shape index (κ3) is 1.79. The van der Waals surface area contributed by atoms with Gasteiger partial charge in [0.2, 0.25) is 5.75 Å². The number of fused-ring (bicyclic) bond motifs is 2. The highest BCUT2D eigenvalue weighted by Crippen LogP contribution is 2.50. The Bertz CT molecular complexity index is 743. The van der Waals surface area contributed by atoms with Gasteiger partial charge in [0.1, 0.15) is 0 Å².